The molecule has 2 aromatic rings. The summed E-state index contributed by atoms with van der Waals surface area (Å²) in [5.41, 5.74) is 0.379. The molecule has 3 rings (SSSR count). The predicted molar refractivity (Wildman–Crippen MR) is 108 cm³/mol. The highest BCUT2D eigenvalue weighted by Gasteiger charge is 2.31. The van der Waals surface area contributed by atoms with Crippen molar-refractivity contribution in [2.24, 2.45) is 0 Å². The fourth-order valence-corrected chi connectivity index (χ4v) is 4.93. The summed E-state index contributed by atoms with van der Waals surface area (Å²) in [4.78, 5) is 14.0. The molecule has 1 amide bonds. The average molecular weight is 442 g/mol. The topological polar surface area (TPSA) is 79.0 Å². The number of carbonyl (C=O) groups excluding carboxylic acids is 1. The van der Waals surface area contributed by atoms with E-state index < -0.39 is 15.8 Å². The van der Waals surface area contributed by atoms with E-state index in [4.69, 9.17) is 16.3 Å². The number of hydrogen-bond donors (Lipinski definition) is 1. The third-order valence-electron chi connectivity index (χ3n) is 4.55. The molecule has 0 bridgehead atoms. The molecular weight excluding hydrogens is 421 g/mol. The Labute approximate surface area is 174 Å². The second-order valence-corrected chi connectivity index (χ2v) is 8.88. The van der Waals surface area contributed by atoms with Crippen molar-refractivity contribution in [1.29, 1.82) is 0 Å². The number of nitrogens with one attached hydrogen (secondary N) is 1. The summed E-state index contributed by atoms with van der Waals surface area (Å²) < 4.78 is 45.7. The van der Waals surface area contributed by atoms with Gasteiger partial charge in [0.05, 0.1) is 13.7 Å². The smallest absolute Gasteiger partial charge is 0.246 e. The van der Waals surface area contributed by atoms with Crippen molar-refractivity contribution in [1.82, 2.24) is 9.21 Å². The Hall–Kier alpha value is -2.20. The SMILES string of the molecule is COc1ccc(Cl)cc1S(=O)(=O)N1CCN(CC(=O)Nc2cccc(F)c2)CC1. The molecule has 1 N–H and O–H groups in total. The van der Waals surface area contributed by atoms with Crippen LogP contribution in [0.5, 0.6) is 5.75 Å². The first-order chi connectivity index (χ1) is 13.8. The van der Waals surface area contributed by atoms with Crippen molar-refractivity contribution in [3.63, 3.8) is 0 Å². The quantitative estimate of drug-likeness (QED) is 0.744. The van der Waals surface area contributed by atoms with Crippen LogP contribution in [0.3, 0.4) is 0 Å². The lowest BCUT2D eigenvalue weighted by Gasteiger charge is -2.33. The number of rotatable bonds is 6. The van der Waals surface area contributed by atoms with E-state index in [0.717, 1.165) is 0 Å². The molecule has 1 aliphatic heterocycles. The highest BCUT2D eigenvalue weighted by molar-refractivity contribution is 7.89. The number of anilines is 1. The Morgan fingerprint density at radius 3 is 2.55 bits per heavy atom. The zero-order valence-electron chi connectivity index (χ0n) is 15.8. The van der Waals surface area contributed by atoms with Crippen LogP contribution in [0.2, 0.25) is 5.02 Å². The Morgan fingerprint density at radius 2 is 1.90 bits per heavy atom. The third-order valence-corrected chi connectivity index (χ3v) is 6.71. The molecule has 0 spiro atoms. The summed E-state index contributed by atoms with van der Waals surface area (Å²) >= 11 is 5.96. The monoisotopic (exact) mass is 441 g/mol. The minimum atomic E-state index is -3.78. The number of benzene rings is 2. The molecule has 156 valence electrons. The zero-order valence-corrected chi connectivity index (χ0v) is 17.3. The van der Waals surface area contributed by atoms with Gasteiger partial charge in [-0.1, -0.05) is 17.7 Å². The number of amides is 1. The fraction of sp³-hybridized carbons (Fsp3) is 0.316. The molecule has 1 saturated heterocycles. The minimum Gasteiger partial charge on any atom is -0.495 e. The highest BCUT2D eigenvalue weighted by Crippen LogP contribution is 2.30. The van der Waals surface area contributed by atoms with Crippen LogP contribution in [0.4, 0.5) is 10.1 Å². The summed E-state index contributed by atoms with van der Waals surface area (Å²) in [6, 6.07) is 10.1. The Balaban J connectivity index is 1.60. The summed E-state index contributed by atoms with van der Waals surface area (Å²) in [6.45, 7) is 1.32. The normalized spacial score (nSPS) is 15.8. The van der Waals surface area contributed by atoms with Gasteiger partial charge in [0.1, 0.15) is 16.5 Å². The van der Waals surface area contributed by atoms with Gasteiger partial charge in [0.25, 0.3) is 0 Å². The van der Waals surface area contributed by atoms with Gasteiger partial charge < -0.3 is 10.1 Å². The van der Waals surface area contributed by atoms with Gasteiger partial charge in [0.15, 0.2) is 0 Å². The minimum absolute atomic E-state index is 0.0183. The number of sulfonamides is 1. The van der Waals surface area contributed by atoms with E-state index >= 15 is 0 Å². The van der Waals surface area contributed by atoms with E-state index in [9.17, 15) is 17.6 Å². The number of hydrogen-bond acceptors (Lipinski definition) is 5. The van der Waals surface area contributed by atoms with Gasteiger partial charge in [-0.2, -0.15) is 4.31 Å². The van der Waals surface area contributed by atoms with Gasteiger partial charge in [-0.15, -0.1) is 0 Å². The van der Waals surface area contributed by atoms with Crippen LogP contribution in [0, 0.1) is 5.82 Å². The van der Waals surface area contributed by atoms with Crippen molar-refractivity contribution >= 4 is 33.2 Å². The van der Waals surface area contributed by atoms with Crippen LogP contribution in [0.25, 0.3) is 0 Å². The van der Waals surface area contributed by atoms with E-state index in [2.05, 4.69) is 5.32 Å². The molecule has 1 heterocycles. The number of ether oxygens (including phenoxy) is 1. The van der Waals surface area contributed by atoms with Crippen molar-refractivity contribution < 1.29 is 22.3 Å². The van der Waals surface area contributed by atoms with E-state index in [1.54, 1.807) is 12.1 Å². The second kappa shape index (κ2) is 9.08. The van der Waals surface area contributed by atoms with E-state index in [1.807, 2.05) is 4.90 Å². The van der Waals surface area contributed by atoms with Crippen LogP contribution in [-0.2, 0) is 14.8 Å². The van der Waals surface area contributed by atoms with Crippen LogP contribution < -0.4 is 10.1 Å². The first kappa shape index (κ1) is 21.5. The van der Waals surface area contributed by atoms with Crippen molar-refractivity contribution in [2.45, 2.75) is 4.90 Å². The van der Waals surface area contributed by atoms with Crippen molar-refractivity contribution in [2.75, 3.05) is 45.2 Å². The fourth-order valence-electron chi connectivity index (χ4n) is 3.09. The number of carbonyl (C=O) groups is 1. The first-order valence-corrected chi connectivity index (χ1v) is 10.7. The largest absolute Gasteiger partial charge is 0.495 e. The van der Waals surface area contributed by atoms with Gasteiger partial charge in [0, 0.05) is 36.9 Å². The van der Waals surface area contributed by atoms with Gasteiger partial charge in [-0.05, 0) is 36.4 Å². The summed E-state index contributed by atoms with van der Waals surface area (Å²) in [7, 11) is -2.38. The first-order valence-electron chi connectivity index (χ1n) is 8.91. The maximum Gasteiger partial charge on any atom is 0.246 e. The Morgan fingerprint density at radius 1 is 1.17 bits per heavy atom. The molecule has 2 aromatic carbocycles. The molecule has 29 heavy (non-hydrogen) atoms. The van der Waals surface area contributed by atoms with Gasteiger partial charge in [-0.3, -0.25) is 9.69 Å². The molecule has 10 heteroatoms. The number of halogens is 2. The molecule has 0 aliphatic carbocycles. The summed E-state index contributed by atoms with van der Waals surface area (Å²) in [5.74, 6) is -0.493. The molecule has 0 saturated carbocycles. The van der Waals surface area contributed by atoms with Crippen LogP contribution >= 0.6 is 11.6 Å². The van der Waals surface area contributed by atoms with Gasteiger partial charge in [0.2, 0.25) is 15.9 Å². The lowest BCUT2D eigenvalue weighted by atomic mass is 10.3. The lowest BCUT2D eigenvalue weighted by Crippen LogP contribution is -2.50. The predicted octanol–water partition coefficient (Wildman–Crippen LogP) is 2.43. The summed E-state index contributed by atoms with van der Waals surface area (Å²) in [6.07, 6.45) is 0. The number of methoxy groups -OCH3 is 1. The molecule has 7 nitrogen and oxygen atoms in total. The molecule has 1 fully saturated rings. The molecular formula is C19H21ClFN3O4S. The molecule has 1 aliphatic rings. The average Bonchev–Trinajstić information content (AvgIpc) is 2.68. The molecule has 0 atom stereocenters. The maximum absolute atomic E-state index is 13.2. The van der Waals surface area contributed by atoms with Crippen molar-refractivity contribution in [3.8, 4) is 5.75 Å². The highest BCUT2D eigenvalue weighted by atomic mass is 35.5. The Bertz CT molecular complexity index is 995. The molecule has 0 unspecified atom stereocenters. The van der Waals surface area contributed by atoms with E-state index in [-0.39, 0.29) is 36.2 Å². The van der Waals surface area contributed by atoms with E-state index in [1.165, 1.54) is 41.7 Å². The molecule has 0 radical (unpaired) electrons. The van der Waals surface area contributed by atoms with Crippen molar-refractivity contribution in [3.05, 3.63) is 53.3 Å². The zero-order chi connectivity index (χ0) is 21.0. The standard InChI is InChI=1S/C19H21ClFN3O4S/c1-28-17-6-5-14(20)11-18(17)29(26,27)24-9-7-23(8-10-24)13-19(25)22-16-4-2-3-15(21)12-16/h2-6,11-12H,7-10,13H2,1H3,(H,22,25). The lowest BCUT2D eigenvalue weighted by molar-refractivity contribution is -0.117. The van der Waals surface area contributed by atoms with Gasteiger partial charge >= 0.3 is 0 Å². The Kier molecular flexibility index (Phi) is 6.74. The van der Waals surface area contributed by atoms with Crippen LogP contribution in [0.15, 0.2) is 47.4 Å². The molecule has 0 aromatic heterocycles. The third kappa shape index (κ3) is 5.24. The van der Waals surface area contributed by atoms with Gasteiger partial charge in [-0.25, -0.2) is 12.8 Å². The summed E-state index contributed by atoms with van der Waals surface area (Å²) in [5, 5.41) is 2.94. The van der Waals surface area contributed by atoms with Crippen LogP contribution in [-0.4, -0.2) is 63.4 Å². The van der Waals surface area contributed by atoms with Crippen LogP contribution in [0.1, 0.15) is 0 Å². The number of piperazine rings is 1. The second-order valence-electron chi connectivity index (χ2n) is 6.53. The van der Waals surface area contributed by atoms with E-state index in [0.29, 0.717) is 23.8 Å². The maximum atomic E-state index is 13.2. The number of nitrogens with zero attached hydrogens (tertiary/aromatic N) is 2.